The number of benzene rings is 1. The van der Waals surface area contributed by atoms with Crippen LogP contribution in [0, 0.1) is 0 Å². The molecule has 1 nitrogen and oxygen atoms in total. The van der Waals surface area contributed by atoms with Gasteiger partial charge in [-0.1, -0.05) is 25.1 Å². The molecule has 0 saturated heterocycles. The lowest BCUT2D eigenvalue weighted by molar-refractivity contribution is 1.19. The summed E-state index contributed by atoms with van der Waals surface area (Å²) < 4.78 is 0. The van der Waals surface area contributed by atoms with E-state index in [-0.39, 0.29) is 0 Å². The fourth-order valence-electron chi connectivity index (χ4n) is 1.92. The molecular formula is C14H13NS. The summed E-state index contributed by atoms with van der Waals surface area (Å²) in [6, 6.07) is 15.0. The van der Waals surface area contributed by atoms with E-state index in [0.717, 1.165) is 6.42 Å². The number of rotatable bonds is 2. The SMILES string of the molecule is CCc1ccc(-c2cc3ccccc3[nH]2)s1. The van der Waals surface area contributed by atoms with Gasteiger partial charge in [-0.05, 0) is 30.7 Å². The van der Waals surface area contributed by atoms with Gasteiger partial charge in [0.1, 0.15) is 0 Å². The molecule has 0 spiro atoms. The number of hydrogen-bond donors (Lipinski definition) is 1. The van der Waals surface area contributed by atoms with E-state index in [1.54, 1.807) is 0 Å². The minimum Gasteiger partial charge on any atom is -0.354 e. The van der Waals surface area contributed by atoms with Crippen molar-refractivity contribution < 1.29 is 0 Å². The summed E-state index contributed by atoms with van der Waals surface area (Å²) in [6.07, 6.45) is 1.12. The van der Waals surface area contributed by atoms with Crippen molar-refractivity contribution in [2.24, 2.45) is 0 Å². The van der Waals surface area contributed by atoms with E-state index < -0.39 is 0 Å². The Hall–Kier alpha value is -1.54. The molecule has 1 N–H and O–H groups in total. The number of aromatic nitrogens is 1. The second-order valence-electron chi connectivity index (χ2n) is 3.89. The Morgan fingerprint density at radius 3 is 2.75 bits per heavy atom. The predicted octanol–water partition coefficient (Wildman–Crippen LogP) is 4.46. The van der Waals surface area contributed by atoms with Gasteiger partial charge in [0.15, 0.2) is 0 Å². The average Bonchev–Trinajstić information content (AvgIpc) is 2.95. The minimum atomic E-state index is 1.12. The summed E-state index contributed by atoms with van der Waals surface area (Å²) in [5.41, 5.74) is 2.44. The molecule has 0 aliphatic carbocycles. The molecule has 80 valence electrons. The van der Waals surface area contributed by atoms with Gasteiger partial charge in [0.25, 0.3) is 0 Å². The first-order valence-corrected chi connectivity index (χ1v) is 6.35. The largest absolute Gasteiger partial charge is 0.354 e. The lowest BCUT2D eigenvalue weighted by Crippen LogP contribution is -1.69. The van der Waals surface area contributed by atoms with E-state index in [1.165, 1.54) is 26.4 Å². The summed E-state index contributed by atoms with van der Waals surface area (Å²) >= 11 is 1.87. The van der Waals surface area contributed by atoms with Gasteiger partial charge in [-0.15, -0.1) is 11.3 Å². The molecule has 16 heavy (non-hydrogen) atoms. The van der Waals surface area contributed by atoms with Gasteiger partial charge in [-0.2, -0.15) is 0 Å². The molecule has 0 unspecified atom stereocenters. The molecule has 2 heterocycles. The van der Waals surface area contributed by atoms with E-state index in [1.807, 2.05) is 11.3 Å². The van der Waals surface area contributed by atoms with Gasteiger partial charge >= 0.3 is 0 Å². The number of nitrogens with one attached hydrogen (secondary N) is 1. The number of aromatic amines is 1. The Balaban J connectivity index is 2.11. The van der Waals surface area contributed by atoms with Crippen molar-refractivity contribution in [3.8, 4) is 10.6 Å². The van der Waals surface area contributed by atoms with Crippen LogP contribution in [-0.4, -0.2) is 4.98 Å². The molecule has 1 aromatic carbocycles. The number of para-hydroxylation sites is 1. The van der Waals surface area contributed by atoms with Crippen LogP contribution in [0.4, 0.5) is 0 Å². The highest BCUT2D eigenvalue weighted by Crippen LogP contribution is 2.30. The normalized spacial score (nSPS) is 11.1. The third-order valence-electron chi connectivity index (χ3n) is 2.81. The molecule has 0 atom stereocenters. The monoisotopic (exact) mass is 227 g/mol. The Labute approximate surface area is 98.7 Å². The van der Waals surface area contributed by atoms with Gasteiger partial charge in [-0.3, -0.25) is 0 Å². The number of fused-ring (bicyclic) bond motifs is 1. The summed E-state index contributed by atoms with van der Waals surface area (Å²) in [5.74, 6) is 0. The van der Waals surface area contributed by atoms with Gasteiger partial charge in [0.2, 0.25) is 0 Å². The standard InChI is InChI=1S/C14H13NS/c1-2-11-7-8-14(16-11)13-9-10-5-3-4-6-12(10)15-13/h3-9,15H,2H2,1H3. The Kier molecular flexibility index (Phi) is 2.29. The maximum absolute atomic E-state index is 3.46. The molecule has 0 saturated carbocycles. The molecule has 0 fully saturated rings. The summed E-state index contributed by atoms with van der Waals surface area (Å²) in [4.78, 5) is 6.23. The first kappa shape index (κ1) is 9.67. The molecule has 0 aliphatic heterocycles. The molecule has 0 amide bonds. The van der Waals surface area contributed by atoms with Gasteiger partial charge in [0.05, 0.1) is 10.6 Å². The zero-order valence-corrected chi connectivity index (χ0v) is 9.97. The lowest BCUT2D eigenvalue weighted by atomic mass is 10.2. The van der Waals surface area contributed by atoms with Crippen LogP contribution in [0.2, 0.25) is 0 Å². The maximum atomic E-state index is 3.46. The second kappa shape index (κ2) is 3.80. The summed E-state index contributed by atoms with van der Waals surface area (Å²) in [5, 5.41) is 1.28. The van der Waals surface area contributed by atoms with Crippen LogP contribution in [0.25, 0.3) is 21.5 Å². The summed E-state index contributed by atoms with van der Waals surface area (Å²) in [7, 11) is 0. The van der Waals surface area contributed by atoms with Gasteiger partial charge in [-0.25, -0.2) is 0 Å². The van der Waals surface area contributed by atoms with Crippen LogP contribution in [-0.2, 0) is 6.42 Å². The average molecular weight is 227 g/mol. The van der Waals surface area contributed by atoms with Gasteiger partial charge < -0.3 is 4.98 Å². The van der Waals surface area contributed by atoms with E-state index in [4.69, 9.17) is 0 Å². The van der Waals surface area contributed by atoms with Crippen LogP contribution in [0.15, 0.2) is 42.5 Å². The molecule has 3 rings (SSSR count). The van der Waals surface area contributed by atoms with Crippen molar-refractivity contribution in [1.29, 1.82) is 0 Å². The fraction of sp³-hybridized carbons (Fsp3) is 0.143. The van der Waals surface area contributed by atoms with E-state index in [2.05, 4.69) is 54.4 Å². The molecule has 0 radical (unpaired) electrons. The van der Waals surface area contributed by atoms with Crippen LogP contribution < -0.4 is 0 Å². The van der Waals surface area contributed by atoms with E-state index in [9.17, 15) is 0 Å². The van der Waals surface area contributed by atoms with Crippen molar-refractivity contribution in [2.75, 3.05) is 0 Å². The van der Waals surface area contributed by atoms with Crippen molar-refractivity contribution in [3.05, 3.63) is 47.3 Å². The number of hydrogen-bond acceptors (Lipinski definition) is 1. The second-order valence-corrected chi connectivity index (χ2v) is 5.06. The molecule has 0 bridgehead atoms. The van der Waals surface area contributed by atoms with E-state index >= 15 is 0 Å². The number of thiophene rings is 1. The zero-order valence-electron chi connectivity index (χ0n) is 9.16. The first-order valence-electron chi connectivity index (χ1n) is 5.53. The smallest absolute Gasteiger partial charge is 0.0566 e. The Morgan fingerprint density at radius 1 is 1.12 bits per heavy atom. The molecule has 0 aliphatic rings. The Morgan fingerprint density at radius 2 is 2.00 bits per heavy atom. The zero-order chi connectivity index (χ0) is 11.0. The quantitative estimate of drug-likeness (QED) is 0.665. The first-order chi connectivity index (χ1) is 7.86. The molecule has 2 heteroatoms. The highest BCUT2D eigenvalue weighted by molar-refractivity contribution is 7.15. The molecule has 2 aromatic heterocycles. The maximum Gasteiger partial charge on any atom is 0.0566 e. The topological polar surface area (TPSA) is 15.8 Å². The van der Waals surface area contributed by atoms with Crippen molar-refractivity contribution in [1.82, 2.24) is 4.98 Å². The highest BCUT2D eigenvalue weighted by Gasteiger charge is 2.05. The third-order valence-corrected chi connectivity index (χ3v) is 4.07. The van der Waals surface area contributed by atoms with Crippen LogP contribution >= 0.6 is 11.3 Å². The molecule has 3 aromatic rings. The predicted molar refractivity (Wildman–Crippen MR) is 71.0 cm³/mol. The van der Waals surface area contributed by atoms with Crippen LogP contribution in [0.3, 0.4) is 0 Å². The fourth-order valence-corrected chi connectivity index (χ4v) is 2.84. The molecular weight excluding hydrogens is 214 g/mol. The van der Waals surface area contributed by atoms with Crippen molar-refractivity contribution in [2.45, 2.75) is 13.3 Å². The van der Waals surface area contributed by atoms with Crippen molar-refractivity contribution in [3.63, 3.8) is 0 Å². The summed E-state index contributed by atoms with van der Waals surface area (Å²) in [6.45, 7) is 2.20. The number of H-pyrrole nitrogens is 1. The highest BCUT2D eigenvalue weighted by atomic mass is 32.1. The minimum absolute atomic E-state index is 1.12. The van der Waals surface area contributed by atoms with Gasteiger partial charge in [0, 0.05) is 15.8 Å². The van der Waals surface area contributed by atoms with Crippen LogP contribution in [0.5, 0.6) is 0 Å². The number of aryl methyl sites for hydroxylation is 1. The Bertz CT molecular complexity index is 585. The van der Waals surface area contributed by atoms with E-state index in [0.29, 0.717) is 0 Å². The van der Waals surface area contributed by atoms with Crippen molar-refractivity contribution >= 4 is 22.2 Å². The van der Waals surface area contributed by atoms with Crippen LogP contribution in [0.1, 0.15) is 11.8 Å². The third kappa shape index (κ3) is 1.55. The lowest BCUT2D eigenvalue weighted by Gasteiger charge is -1.90.